The molecule has 0 saturated heterocycles. The molecule has 24 heavy (non-hydrogen) atoms. The highest BCUT2D eigenvalue weighted by molar-refractivity contribution is 6.35. The van der Waals surface area contributed by atoms with E-state index in [-0.39, 0.29) is 12.1 Å². The molecule has 0 aliphatic heterocycles. The number of carbonyl (C=O) groups excluding carboxylic acids is 1. The lowest BCUT2D eigenvalue weighted by molar-refractivity contribution is 0.250. The first-order chi connectivity index (χ1) is 11.4. The van der Waals surface area contributed by atoms with Crippen LogP contribution < -0.4 is 16.0 Å². The smallest absolute Gasteiger partial charge is 0.319 e. The van der Waals surface area contributed by atoms with Gasteiger partial charge in [-0.05, 0) is 50.1 Å². The van der Waals surface area contributed by atoms with Gasteiger partial charge in [0.2, 0.25) is 0 Å². The fourth-order valence-corrected chi connectivity index (χ4v) is 2.55. The number of rotatable bonds is 6. The van der Waals surface area contributed by atoms with Crippen LogP contribution in [0.15, 0.2) is 36.5 Å². The third kappa shape index (κ3) is 5.91. The fourth-order valence-electron chi connectivity index (χ4n) is 2.05. The van der Waals surface area contributed by atoms with Crippen LogP contribution in [0.25, 0.3) is 0 Å². The Kier molecular flexibility index (Phi) is 6.70. The van der Waals surface area contributed by atoms with Gasteiger partial charge in [-0.2, -0.15) is 0 Å². The zero-order valence-electron chi connectivity index (χ0n) is 13.6. The quantitative estimate of drug-likeness (QED) is 0.701. The van der Waals surface area contributed by atoms with E-state index in [1.165, 1.54) is 0 Å². The molecule has 2 aromatic rings. The number of nitrogens with zero attached hydrogens (tertiary/aromatic N) is 1. The van der Waals surface area contributed by atoms with Crippen LogP contribution in [-0.4, -0.2) is 23.6 Å². The maximum atomic E-state index is 11.6. The van der Waals surface area contributed by atoms with E-state index in [4.69, 9.17) is 23.2 Å². The van der Waals surface area contributed by atoms with Gasteiger partial charge in [-0.3, -0.25) is 0 Å². The summed E-state index contributed by atoms with van der Waals surface area (Å²) < 4.78 is 0. The lowest BCUT2D eigenvalue weighted by Crippen LogP contribution is -2.34. The topological polar surface area (TPSA) is 66.1 Å². The predicted octanol–water partition coefficient (Wildman–Crippen LogP) is 4.57. The van der Waals surface area contributed by atoms with Crippen molar-refractivity contribution in [3.8, 4) is 0 Å². The first kappa shape index (κ1) is 18.4. The summed E-state index contributed by atoms with van der Waals surface area (Å²) >= 11 is 12.0. The number of hydrogen-bond acceptors (Lipinski definition) is 3. The van der Waals surface area contributed by atoms with E-state index in [2.05, 4.69) is 20.9 Å². The van der Waals surface area contributed by atoms with Gasteiger partial charge in [0.05, 0.1) is 11.9 Å². The summed E-state index contributed by atoms with van der Waals surface area (Å²) in [5, 5.41) is 9.98. The largest absolute Gasteiger partial charge is 0.370 e. The normalized spacial score (nSPS) is 10.5. The van der Waals surface area contributed by atoms with E-state index >= 15 is 0 Å². The van der Waals surface area contributed by atoms with Gasteiger partial charge >= 0.3 is 6.03 Å². The Bertz CT molecular complexity index is 689. The monoisotopic (exact) mass is 366 g/mol. The molecule has 0 aliphatic rings. The van der Waals surface area contributed by atoms with Gasteiger partial charge in [0, 0.05) is 22.6 Å². The molecule has 0 spiro atoms. The minimum Gasteiger partial charge on any atom is -0.370 e. The summed E-state index contributed by atoms with van der Waals surface area (Å²) in [6, 6.07) is 8.92. The van der Waals surface area contributed by atoms with E-state index < -0.39 is 0 Å². The molecule has 2 amide bonds. The maximum absolute atomic E-state index is 11.6. The molecule has 0 radical (unpaired) electrons. The number of carbonyl (C=O) groups is 1. The van der Waals surface area contributed by atoms with Crippen molar-refractivity contribution in [3.63, 3.8) is 0 Å². The first-order valence-electron chi connectivity index (χ1n) is 7.65. The molecule has 0 saturated carbocycles. The Morgan fingerprint density at radius 1 is 1.21 bits per heavy atom. The van der Waals surface area contributed by atoms with E-state index in [9.17, 15) is 4.79 Å². The maximum Gasteiger partial charge on any atom is 0.319 e. The second kappa shape index (κ2) is 8.76. The average Bonchev–Trinajstić information content (AvgIpc) is 2.50. The molecule has 3 N–H and O–H groups in total. The van der Waals surface area contributed by atoms with Gasteiger partial charge in [-0.15, -0.1) is 0 Å². The molecule has 0 unspecified atom stereocenters. The van der Waals surface area contributed by atoms with Crippen LogP contribution in [0.5, 0.6) is 0 Å². The summed E-state index contributed by atoms with van der Waals surface area (Å²) in [7, 11) is 0. The van der Waals surface area contributed by atoms with E-state index in [0.29, 0.717) is 22.3 Å². The molecule has 0 atom stereocenters. The van der Waals surface area contributed by atoms with Crippen LogP contribution in [0, 0.1) is 0 Å². The Morgan fingerprint density at radius 2 is 2.00 bits per heavy atom. The molecule has 0 fully saturated rings. The number of benzene rings is 1. The van der Waals surface area contributed by atoms with Crippen molar-refractivity contribution in [2.75, 3.05) is 17.2 Å². The van der Waals surface area contributed by atoms with Crippen molar-refractivity contribution in [2.24, 2.45) is 0 Å². The third-order valence-electron chi connectivity index (χ3n) is 3.16. The number of pyridine rings is 1. The van der Waals surface area contributed by atoms with Crippen LogP contribution in [0.4, 0.5) is 16.3 Å². The molecule has 1 heterocycles. The second-order valence-corrected chi connectivity index (χ2v) is 6.44. The van der Waals surface area contributed by atoms with Gasteiger partial charge in [-0.1, -0.05) is 29.3 Å². The zero-order valence-corrected chi connectivity index (χ0v) is 15.1. The van der Waals surface area contributed by atoms with Crippen LogP contribution >= 0.6 is 23.2 Å². The number of halogens is 2. The van der Waals surface area contributed by atoms with Crippen LogP contribution in [-0.2, 0) is 6.42 Å². The molecule has 5 nitrogen and oxygen atoms in total. The van der Waals surface area contributed by atoms with Crippen molar-refractivity contribution in [1.82, 2.24) is 10.3 Å². The average molecular weight is 367 g/mol. The van der Waals surface area contributed by atoms with Crippen LogP contribution in [0.1, 0.15) is 19.4 Å². The molecule has 1 aromatic heterocycles. The number of nitrogens with one attached hydrogen (secondary N) is 3. The van der Waals surface area contributed by atoms with Gasteiger partial charge in [0.15, 0.2) is 0 Å². The molecule has 0 bridgehead atoms. The van der Waals surface area contributed by atoms with Crippen molar-refractivity contribution in [3.05, 3.63) is 52.1 Å². The molecule has 0 aliphatic carbocycles. The summed E-state index contributed by atoms with van der Waals surface area (Å²) in [6.07, 6.45) is 2.37. The Morgan fingerprint density at radius 3 is 2.62 bits per heavy atom. The van der Waals surface area contributed by atoms with Gasteiger partial charge < -0.3 is 16.0 Å². The second-order valence-electron chi connectivity index (χ2n) is 5.60. The van der Waals surface area contributed by atoms with Crippen LogP contribution in [0.2, 0.25) is 10.0 Å². The van der Waals surface area contributed by atoms with Gasteiger partial charge in [-0.25, -0.2) is 9.78 Å². The summed E-state index contributed by atoms with van der Waals surface area (Å²) in [5.74, 6) is 0.731. The highest BCUT2D eigenvalue weighted by atomic mass is 35.5. The number of amides is 2. The molecular weight excluding hydrogens is 347 g/mol. The summed E-state index contributed by atoms with van der Waals surface area (Å²) in [6.45, 7) is 4.49. The number of anilines is 2. The minimum atomic E-state index is -0.245. The SMILES string of the molecule is CC(C)NC(=O)Nc1ccc(NCCc2ccc(Cl)cc2Cl)nc1. The summed E-state index contributed by atoms with van der Waals surface area (Å²) in [5.41, 5.74) is 1.66. The zero-order chi connectivity index (χ0) is 17.5. The van der Waals surface area contributed by atoms with Crippen molar-refractivity contribution >= 4 is 40.7 Å². The van der Waals surface area contributed by atoms with E-state index in [1.54, 1.807) is 18.3 Å². The van der Waals surface area contributed by atoms with Gasteiger partial charge in [0.1, 0.15) is 5.82 Å². The predicted molar refractivity (Wildman–Crippen MR) is 100 cm³/mol. The Balaban J connectivity index is 1.82. The number of hydrogen-bond donors (Lipinski definition) is 3. The molecule has 2 rings (SSSR count). The molecule has 1 aromatic carbocycles. The number of aromatic nitrogens is 1. The Labute approximate surface area is 151 Å². The van der Waals surface area contributed by atoms with Crippen molar-refractivity contribution in [2.45, 2.75) is 26.3 Å². The van der Waals surface area contributed by atoms with Crippen molar-refractivity contribution in [1.29, 1.82) is 0 Å². The summed E-state index contributed by atoms with van der Waals surface area (Å²) in [4.78, 5) is 15.9. The highest BCUT2D eigenvalue weighted by Crippen LogP contribution is 2.21. The Hall–Kier alpha value is -1.98. The fraction of sp³-hybridized carbons (Fsp3) is 0.294. The highest BCUT2D eigenvalue weighted by Gasteiger charge is 2.04. The van der Waals surface area contributed by atoms with E-state index in [1.807, 2.05) is 32.0 Å². The first-order valence-corrected chi connectivity index (χ1v) is 8.41. The van der Waals surface area contributed by atoms with Crippen molar-refractivity contribution < 1.29 is 4.79 Å². The molecule has 7 heteroatoms. The number of urea groups is 1. The van der Waals surface area contributed by atoms with Crippen LogP contribution in [0.3, 0.4) is 0 Å². The lowest BCUT2D eigenvalue weighted by Gasteiger charge is -2.11. The molecule has 128 valence electrons. The lowest BCUT2D eigenvalue weighted by atomic mass is 10.1. The minimum absolute atomic E-state index is 0.0820. The van der Waals surface area contributed by atoms with E-state index in [0.717, 1.165) is 17.8 Å². The molecular formula is C17H20Cl2N4O. The van der Waals surface area contributed by atoms with Gasteiger partial charge in [0.25, 0.3) is 0 Å². The third-order valence-corrected chi connectivity index (χ3v) is 3.74. The standard InChI is InChI=1S/C17H20Cl2N4O/c1-11(2)22-17(24)23-14-5-6-16(21-10-14)20-8-7-12-3-4-13(18)9-15(12)19/h3-6,9-11H,7-8H2,1-2H3,(H,20,21)(H2,22,23,24).